The zero-order chi connectivity index (χ0) is 13.0. The number of fused-ring (bicyclic) bond motifs is 5. The molecule has 0 saturated heterocycles. The molecule has 19 heavy (non-hydrogen) atoms. The first-order valence-corrected chi connectivity index (χ1v) is 8.20. The van der Waals surface area contributed by atoms with Crippen molar-refractivity contribution in [3.05, 3.63) is 0 Å². The Kier molecular flexibility index (Phi) is 2.87. The molecule has 4 fully saturated rings. The van der Waals surface area contributed by atoms with Crippen molar-refractivity contribution in [1.82, 2.24) is 5.32 Å². The van der Waals surface area contributed by atoms with Crippen molar-refractivity contribution in [2.24, 2.45) is 35.5 Å². The third kappa shape index (κ3) is 2.01. The molecule has 2 bridgehead atoms. The van der Waals surface area contributed by atoms with E-state index in [1.54, 1.807) is 0 Å². The van der Waals surface area contributed by atoms with E-state index in [2.05, 4.69) is 5.32 Å². The Balaban J connectivity index is 1.25. The summed E-state index contributed by atoms with van der Waals surface area (Å²) in [6.07, 6.45) is 8.07. The van der Waals surface area contributed by atoms with Crippen LogP contribution in [0.4, 0.5) is 0 Å². The van der Waals surface area contributed by atoms with E-state index in [4.69, 9.17) is 0 Å². The minimum absolute atomic E-state index is 0.0923. The van der Waals surface area contributed by atoms with Gasteiger partial charge in [-0.25, -0.2) is 0 Å². The van der Waals surface area contributed by atoms with E-state index in [0.29, 0.717) is 17.7 Å². The van der Waals surface area contributed by atoms with Gasteiger partial charge < -0.3 is 10.4 Å². The van der Waals surface area contributed by atoms with E-state index < -0.39 is 0 Å². The highest BCUT2D eigenvalue weighted by atomic mass is 16.3. The SMILES string of the molecule is O=C(NCC1CCC(O)CC1)C1C2C3CCC(C3)C12. The van der Waals surface area contributed by atoms with Gasteiger partial charge in [0.2, 0.25) is 5.91 Å². The number of rotatable bonds is 3. The van der Waals surface area contributed by atoms with Gasteiger partial charge in [0.1, 0.15) is 0 Å². The number of hydrogen-bond donors (Lipinski definition) is 2. The molecule has 0 aromatic carbocycles. The summed E-state index contributed by atoms with van der Waals surface area (Å²) in [6.45, 7) is 0.844. The maximum atomic E-state index is 12.3. The molecule has 4 aliphatic rings. The third-order valence-corrected chi connectivity index (χ3v) is 6.42. The Labute approximate surface area is 115 Å². The van der Waals surface area contributed by atoms with Gasteiger partial charge in [-0.3, -0.25) is 4.79 Å². The molecular formula is C16H25NO2. The number of nitrogens with one attached hydrogen (secondary N) is 1. The summed E-state index contributed by atoms with van der Waals surface area (Å²) >= 11 is 0. The topological polar surface area (TPSA) is 49.3 Å². The van der Waals surface area contributed by atoms with Crippen LogP contribution in [-0.2, 0) is 4.79 Å². The zero-order valence-electron chi connectivity index (χ0n) is 11.6. The van der Waals surface area contributed by atoms with Gasteiger partial charge in [0.25, 0.3) is 0 Å². The minimum atomic E-state index is -0.0923. The summed E-state index contributed by atoms with van der Waals surface area (Å²) in [6, 6.07) is 0. The fraction of sp³-hybridized carbons (Fsp3) is 0.938. The van der Waals surface area contributed by atoms with Gasteiger partial charge >= 0.3 is 0 Å². The van der Waals surface area contributed by atoms with Gasteiger partial charge in [0, 0.05) is 12.5 Å². The van der Waals surface area contributed by atoms with Crippen LogP contribution in [0.1, 0.15) is 44.9 Å². The van der Waals surface area contributed by atoms with E-state index in [1.807, 2.05) is 0 Å². The lowest BCUT2D eigenvalue weighted by atomic mass is 9.87. The van der Waals surface area contributed by atoms with E-state index in [9.17, 15) is 9.90 Å². The van der Waals surface area contributed by atoms with Crippen LogP contribution in [0.3, 0.4) is 0 Å². The first kappa shape index (κ1) is 12.2. The van der Waals surface area contributed by atoms with Crippen LogP contribution in [0.2, 0.25) is 0 Å². The number of aliphatic hydroxyl groups is 1. The summed E-state index contributed by atoms with van der Waals surface area (Å²) in [5, 5.41) is 12.7. The Bertz CT molecular complexity index is 359. The summed E-state index contributed by atoms with van der Waals surface area (Å²) < 4.78 is 0. The molecule has 0 radical (unpaired) electrons. The van der Waals surface area contributed by atoms with Crippen LogP contribution in [0.15, 0.2) is 0 Å². The second-order valence-electron chi connectivity index (χ2n) is 7.43. The van der Waals surface area contributed by atoms with Gasteiger partial charge in [-0.05, 0) is 74.5 Å². The number of hydrogen-bond acceptors (Lipinski definition) is 2. The number of carbonyl (C=O) groups excluding carboxylic acids is 1. The highest BCUT2D eigenvalue weighted by Crippen LogP contribution is 2.69. The van der Waals surface area contributed by atoms with E-state index >= 15 is 0 Å². The number of amides is 1. The normalized spacial score (nSPS) is 50.9. The Hall–Kier alpha value is -0.570. The Morgan fingerprint density at radius 2 is 1.63 bits per heavy atom. The average molecular weight is 263 g/mol. The molecule has 0 aromatic rings. The minimum Gasteiger partial charge on any atom is -0.393 e. The largest absolute Gasteiger partial charge is 0.393 e. The van der Waals surface area contributed by atoms with E-state index in [0.717, 1.165) is 55.9 Å². The molecule has 4 saturated carbocycles. The molecule has 106 valence electrons. The molecule has 3 heteroatoms. The second kappa shape index (κ2) is 4.47. The molecule has 0 aromatic heterocycles. The van der Waals surface area contributed by atoms with Gasteiger partial charge in [0.15, 0.2) is 0 Å². The van der Waals surface area contributed by atoms with Gasteiger partial charge in [-0.2, -0.15) is 0 Å². The highest BCUT2D eigenvalue weighted by molar-refractivity contribution is 5.82. The molecule has 4 unspecified atom stereocenters. The second-order valence-corrected chi connectivity index (χ2v) is 7.43. The Morgan fingerprint density at radius 3 is 2.26 bits per heavy atom. The van der Waals surface area contributed by atoms with Crippen LogP contribution in [0.5, 0.6) is 0 Å². The van der Waals surface area contributed by atoms with E-state index in [1.165, 1.54) is 19.3 Å². The molecule has 4 rings (SSSR count). The van der Waals surface area contributed by atoms with Crippen molar-refractivity contribution >= 4 is 5.91 Å². The summed E-state index contributed by atoms with van der Waals surface area (Å²) in [7, 11) is 0. The monoisotopic (exact) mass is 263 g/mol. The van der Waals surface area contributed by atoms with Crippen LogP contribution in [-0.4, -0.2) is 23.7 Å². The van der Waals surface area contributed by atoms with Crippen LogP contribution < -0.4 is 5.32 Å². The molecule has 2 N–H and O–H groups in total. The van der Waals surface area contributed by atoms with Crippen molar-refractivity contribution in [3.63, 3.8) is 0 Å². The van der Waals surface area contributed by atoms with E-state index in [-0.39, 0.29) is 6.10 Å². The Morgan fingerprint density at radius 1 is 1.00 bits per heavy atom. The predicted molar refractivity (Wildman–Crippen MR) is 72.3 cm³/mol. The highest BCUT2D eigenvalue weighted by Gasteiger charge is 2.67. The summed E-state index contributed by atoms with van der Waals surface area (Å²) in [4.78, 5) is 12.3. The van der Waals surface area contributed by atoms with Crippen LogP contribution in [0.25, 0.3) is 0 Å². The lowest BCUT2D eigenvalue weighted by Crippen LogP contribution is -2.34. The number of aliphatic hydroxyl groups excluding tert-OH is 1. The third-order valence-electron chi connectivity index (χ3n) is 6.42. The molecule has 3 nitrogen and oxygen atoms in total. The zero-order valence-corrected chi connectivity index (χ0v) is 11.6. The molecule has 4 atom stereocenters. The maximum absolute atomic E-state index is 12.3. The molecule has 0 heterocycles. The molecule has 4 aliphatic carbocycles. The molecule has 0 aliphatic heterocycles. The quantitative estimate of drug-likeness (QED) is 0.817. The van der Waals surface area contributed by atoms with Crippen molar-refractivity contribution in [2.75, 3.05) is 6.54 Å². The fourth-order valence-electron chi connectivity index (χ4n) is 5.39. The summed E-state index contributed by atoms with van der Waals surface area (Å²) in [5.74, 6) is 4.60. The smallest absolute Gasteiger partial charge is 0.223 e. The van der Waals surface area contributed by atoms with Gasteiger partial charge in [-0.15, -0.1) is 0 Å². The predicted octanol–water partition coefficient (Wildman–Crippen LogP) is 1.95. The van der Waals surface area contributed by atoms with Crippen molar-refractivity contribution in [2.45, 2.75) is 51.0 Å². The molecule has 0 spiro atoms. The van der Waals surface area contributed by atoms with Crippen LogP contribution in [0, 0.1) is 35.5 Å². The lowest BCUT2D eigenvalue weighted by molar-refractivity contribution is -0.123. The average Bonchev–Trinajstić information content (AvgIpc) is 2.86. The van der Waals surface area contributed by atoms with Crippen LogP contribution >= 0.6 is 0 Å². The van der Waals surface area contributed by atoms with Gasteiger partial charge in [-0.1, -0.05) is 0 Å². The first-order chi connectivity index (χ1) is 9.24. The first-order valence-electron chi connectivity index (χ1n) is 8.20. The lowest BCUT2D eigenvalue weighted by Gasteiger charge is -2.25. The van der Waals surface area contributed by atoms with Crippen molar-refractivity contribution in [3.8, 4) is 0 Å². The van der Waals surface area contributed by atoms with Gasteiger partial charge in [0.05, 0.1) is 6.10 Å². The van der Waals surface area contributed by atoms with Crippen molar-refractivity contribution < 1.29 is 9.90 Å². The molecule has 1 amide bonds. The number of carbonyl (C=O) groups is 1. The summed E-state index contributed by atoms with van der Waals surface area (Å²) in [5.41, 5.74) is 0. The standard InChI is InChI=1S/C16H25NO2/c18-12-5-1-9(2-6-12)8-17-16(19)15-13-10-3-4-11(7-10)14(13)15/h9-15,18H,1-8H2,(H,17,19). The van der Waals surface area contributed by atoms with Crippen molar-refractivity contribution in [1.29, 1.82) is 0 Å². The molecular weight excluding hydrogens is 238 g/mol. The maximum Gasteiger partial charge on any atom is 0.223 e. The fourth-order valence-corrected chi connectivity index (χ4v) is 5.39.